The maximum Gasteiger partial charge on any atom is 0.306 e. The summed E-state index contributed by atoms with van der Waals surface area (Å²) in [5.74, 6) is -0.964. The fourth-order valence-corrected chi connectivity index (χ4v) is 1.84. The summed E-state index contributed by atoms with van der Waals surface area (Å²) in [5, 5.41) is 8.76. The van der Waals surface area contributed by atoms with Crippen LogP contribution in [0.4, 0.5) is 0 Å². The van der Waals surface area contributed by atoms with Crippen LogP contribution in [0.3, 0.4) is 0 Å². The molecule has 0 unspecified atom stereocenters. The Balaban J connectivity index is 3.54. The molecule has 0 aliphatic heterocycles. The van der Waals surface area contributed by atoms with Crippen molar-refractivity contribution < 1.29 is 9.90 Å². The smallest absolute Gasteiger partial charge is 0.306 e. The van der Waals surface area contributed by atoms with Crippen molar-refractivity contribution in [2.45, 2.75) is 58.8 Å². The Hall–Kier alpha value is -1.83. The van der Waals surface area contributed by atoms with E-state index in [2.05, 4.69) is 67.7 Å². The van der Waals surface area contributed by atoms with Crippen molar-refractivity contribution >= 4 is 5.97 Å². The van der Waals surface area contributed by atoms with Gasteiger partial charge in [-0.25, -0.2) is 0 Å². The van der Waals surface area contributed by atoms with Crippen molar-refractivity contribution in [1.29, 1.82) is 0 Å². The van der Waals surface area contributed by atoms with Crippen LogP contribution in [0.25, 0.3) is 0 Å². The van der Waals surface area contributed by atoms with Crippen molar-refractivity contribution in [2.75, 3.05) is 0 Å². The second-order valence-corrected chi connectivity index (χ2v) is 5.52. The summed E-state index contributed by atoms with van der Waals surface area (Å²) >= 11 is 0. The Morgan fingerprint density at radius 1 is 0.783 bits per heavy atom. The summed E-state index contributed by atoms with van der Waals surface area (Å²) < 4.78 is 0. The van der Waals surface area contributed by atoms with Crippen molar-refractivity contribution in [3.8, 4) is 0 Å². The largest absolute Gasteiger partial charge is 0.481 e. The Bertz CT molecular complexity index is 425. The van der Waals surface area contributed by atoms with Gasteiger partial charge in [-0.2, -0.15) is 0 Å². The number of hydrogen-bond donors (Lipinski definition) is 1. The lowest BCUT2D eigenvalue weighted by Crippen LogP contribution is -2.08. The fourth-order valence-electron chi connectivity index (χ4n) is 1.84. The number of carboxylic acids is 1. The molecule has 128 valence electrons. The molecule has 0 saturated heterocycles. The van der Waals surface area contributed by atoms with E-state index in [-0.39, 0.29) is 5.92 Å². The van der Waals surface area contributed by atoms with E-state index >= 15 is 0 Å². The van der Waals surface area contributed by atoms with E-state index in [1.807, 2.05) is 0 Å². The highest BCUT2D eigenvalue weighted by Crippen LogP contribution is 2.06. The third-order valence-corrected chi connectivity index (χ3v) is 3.35. The van der Waals surface area contributed by atoms with Gasteiger partial charge in [0.15, 0.2) is 0 Å². The van der Waals surface area contributed by atoms with E-state index in [0.717, 1.165) is 38.5 Å². The highest BCUT2D eigenvalue weighted by molar-refractivity contribution is 5.69. The molecular weight excluding hydrogens is 284 g/mol. The minimum Gasteiger partial charge on any atom is -0.481 e. The Labute approximate surface area is 142 Å². The molecule has 0 spiro atoms. The van der Waals surface area contributed by atoms with Gasteiger partial charge in [-0.3, -0.25) is 4.79 Å². The molecule has 0 saturated carbocycles. The van der Waals surface area contributed by atoms with E-state index in [1.165, 1.54) is 0 Å². The van der Waals surface area contributed by atoms with Crippen LogP contribution in [0.5, 0.6) is 0 Å². The van der Waals surface area contributed by atoms with Crippen LogP contribution in [0.1, 0.15) is 58.8 Å². The zero-order valence-electron chi connectivity index (χ0n) is 14.7. The highest BCUT2D eigenvalue weighted by atomic mass is 16.4. The Morgan fingerprint density at radius 2 is 1.17 bits per heavy atom. The van der Waals surface area contributed by atoms with Gasteiger partial charge >= 0.3 is 5.97 Å². The molecule has 2 heteroatoms. The molecule has 0 fully saturated rings. The maximum absolute atomic E-state index is 10.6. The molecule has 0 aliphatic rings. The zero-order chi connectivity index (χ0) is 17.2. The molecule has 0 aliphatic carbocycles. The van der Waals surface area contributed by atoms with Gasteiger partial charge in [0.05, 0.1) is 5.92 Å². The van der Waals surface area contributed by atoms with Gasteiger partial charge in [-0.1, -0.05) is 74.6 Å². The van der Waals surface area contributed by atoms with Crippen molar-refractivity contribution in [1.82, 2.24) is 0 Å². The lowest BCUT2D eigenvalue weighted by atomic mass is 10.1. The molecule has 23 heavy (non-hydrogen) atoms. The normalized spacial score (nSPS) is 14.2. The van der Waals surface area contributed by atoms with E-state index in [4.69, 9.17) is 5.11 Å². The summed E-state index contributed by atoms with van der Waals surface area (Å²) in [7, 11) is 0. The second-order valence-electron chi connectivity index (χ2n) is 5.52. The summed E-state index contributed by atoms with van der Waals surface area (Å²) in [5.41, 5.74) is 0. The first-order chi connectivity index (χ1) is 11.2. The summed E-state index contributed by atoms with van der Waals surface area (Å²) in [6.07, 6.45) is 28.2. The number of carbonyl (C=O) groups is 1. The number of aliphatic carboxylic acids is 1. The Kier molecular flexibility index (Phi) is 15.2. The number of hydrogen-bond acceptors (Lipinski definition) is 1. The van der Waals surface area contributed by atoms with Gasteiger partial charge in [0.1, 0.15) is 0 Å². The lowest BCUT2D eigenvalue weighted by Gasteiger charge is -2.01. The van der Waals surface area contributed by atoms with Crippen LogP contribution in [0.15, 0.2) is 60.8 Å². The number of carboxylic acid groups (broad SMARTS) is 1. The van der Waals surface area contributed by atoms with Crippen LogP contribution in [0.2, 0.25) is 0 Å². The van der Waals surface area contributed by atoms with Crippen LogP contribution in [0, 0.1) is 5.92 Å². The van der Waals surface area contributed by atoms with Crippen molar-refractivity contribution in [3.05, 3.63) is 60.8 Å². The summed E-state index contributed by atoms with van der Waals surface area (Å²) in [6.45, 7) is 3.89. The average Bonchev–Trinajstić information content (AvgIpc) is 2.54. The van der Waals surface area contributed by atoms with E-state index < -0.39 is 5.97 Å². The molecule has 0 aromatic heterocycles. The van der Waals surface area contributed by atoms with Gasteiger partial charge in [-0.05, 0) is 44.9 Å². The topological polar surface area (TPSA) is 37.3 Å². The molecule has 0 radical (unpaired) electrons. The summed E-state index contributed by atoms with van der Waals surface area (Å²) in [4.78, 5) is 10.6. The van der Waals surface area contributed by atoms with Gasteiger partial charge in [0.25, 0.3) is 0 Å². The minimum absolute atomic E-state index is 0.253. The number of rotatable bonds is 13. The Morgan fingerprint density at radius 3 is 1.57 bits per heavy atom. The third kappa shape index (κ3) is 16.4. The molecule has 0 amide bonds. The molecule has 1 N–H and O–H groups in total. The van der Waals surface area contributed by atoms with Gasteiger partial charge < -0.3 is 5.11 Å². The highest BCUT2D eigenvalue weighted by Gasteiger charge is 2.08. The first-order valence-electron chi connectivity index (χ1n) is 8.66. The quantitative estimate of drug-likeness (QED) is 0.408. The fraction of sp³-hybridized carbons (Fsp3) is 0.476. The molecule has 1 atom stereocenters. The molecule has 0 bridgehead atoms. The maximum atomic E-state index is 10.6. The molecule has 0 heterocycles. The van der Waals surface area contributed by atoms with Gasteiger partial charge in [0.2, 0.25) is 0 Å². The van der Waals surface area contributed by atoms with Crippen molar-refractivity contribution in [3.63, 3.8) is 0 Å². The molecule has 0 aromatic carbocycles. The average molecular weight is 316 g/mol. The van der Waals surface area contributed by atoms with E-state index in [1.54, 1.807) is 6.92 Å². The second kappa shape index (κ2) is 16.5. The van der Waals surface area contributed by atoms with E-state index in [0.29, 0.717) is 6.42 Å². The SMILES string of the molecule is CC/C=C\C/C=C\C/C=C\C/C=C\C/C=C\CC[C@H](C)C(=O)O. The minimum atomic E-state index is -0.711. The molecular formula is C21H32O2. The van der Waals surface area contributed by atoms with Gasteiger partial charge in [0, 0.05) is 0 Å². The standard InChI is InChI=1S/C21H32O2/c1-3-4-5-6-7-8-9-10-11-12-13-14-15-16-17-18-19-20(2)21(22)23/h4-5,7-8,10-11,13-14,16-17,20H,3,6,9,12,15,18-19H2,1-2H3,(H,22,23)/b5-4-,8-7-,11-10-,14-13-,17-16-/t20-/m0/s1. The molecule has 0 aromatic rings. The predicted molar refractivity (Wildman–Crippen MR) is 100 cm³/mol. The molecule has 2 nitrogen and oxygen atoms in total. The van der Waals surface area contributed by atoms with Crippen LogP contribution >= 0.6 is 0 Å². The van der Waals surface area contributed by atoms with Crippen molar-refractivity contribution in [2.24, 2.45) is 5.92 Å². The van der Waals surface area contributed by atoms with Gasteiger partial charge in [-0.15, -0.1) is 0 Å². The first kappa shape index (κ1) is 21.2. The third-order valence-electron chi connectivity index (χ3n) is 3.35. The van der Waals surface area contributed by atoms with Crippen LogP contribution in [-0.2, 0) is 4.79 Å². The van der Waals surface area contributed by atoms with Crippen LogP contribution < -0.4 is 0 Å². The number of allylic oxidation sites excluding steroid dienone is 10. The monoisotopic (exact) mass is 316 g/mol. The van der Waals surface area contributed by atoms with Crippen LogP contribution in [-0.4, -0.2) is 11.1 Å². The lowest BCUT2D eigenvalue weighted by molar-refractivity contribution is -0.141. The summed E-state index contributed by atoms with van der Waals surface area (Å²) in [6, 6.07) is 0. The first-order valence-corrected chi connectivity index (χ1v) is 8.66. The predicted octanol–water partition coefficient (Wildman–Crippen LogP) is 6.24. The zero-order valence-corrected chi connectivity index (χ0v) is 14.7. The van der Waals surface area contributed by atoms with E-state index in [9.17, 15) is 4.79 Å². The molecule has 0 rings (SSSR count).